The van der Waals surface area contributed by atoms with Gasteiger partial charge in [-0.05, 0) is 23.7 Å². The van der Waals surface area contributed by atoms with Crippen molar-refractivity contribution in [1.82, 2.24) is 4.90 Å². The predicted molar refractivity (Wildman–Crippen MR) is 66.6 cm³/mol. The number of nitrogens with zero attached hydrogens (tertiary/aromatic N) is 1. The van der Waals surface area contributed by atoms with Crippen molar-refractivity contribution in [1.29, 1.82) is 0 Å². The van der Waals surface area contributed by atoms with Crippen molar-refractivity contribution in [2.75, 3.05) is 13.6 Å². The minimum Gasteiger partial charge on any atom is -0.440 e. The minimum atomic E-state index is -0.241. The highest BCUT2D eigenvalue weighted by atomic mass is 35.5. The van der Waals surface area contributed by atoms with E-state index in [0.717, 1.165) is 0 Å². The fourth-order valence-electron chi connectivity index (χ4n) is 1.20. The zero-order valence-corrected chi connectivity index (χ0v) is 10.6. The van der Waals surface area contributed by atoms with Gasteiger partial charge in [0.05, 0.1) is 4.99 Å². The maximum atomic E-state index is 11.8. The lowest BCUT2D eigenvalue weighted by atomic mass is 10.1. The first kappa shape index (κ1) is 13.0. The van der Waals surface area contributed by atoms with Gasteiger partial charge in [-0.3, -0.25) is 4.79 Å². The van der Waals surface area contributed by atoms with Crippen molar-refractivity contribution in [3.05, 3.63) is 23.1 Å². The quantitative estimate of drug-likeness (QED) is 0.841. The van der Waals surface area contributed by atoms with Gasteiger partial charge in [0.2, 0.25) is 0 Å². The van der Waals surface area contributed by atoms with E-state index in [1.165, 1.54) is 17.0 Å². The molecule has 0 spiro atoms. The molecule has 0 radical (unpaired) electrons. The van der Waals surface area contributed by atoms with Gasteiger partial charge in [-0.25, -0.2) is 0 Å². The summed E-state index contributed by atoms with van der Waals surface area (Å²) in [6, 6.07) is 3.06. The monoisotopic (exact) mass is 260 g/mol. The van der Waals surface area contributed by atoms with Crippen LogP contribution in [-0.4, -0.2) is 29.4 Å². The number of carbonyl (C=O) groups excluding carboxylic acids is 1. The Hall–Kier alpha value is -1.07. The van der Waals surface area contributed by atoms with E-state index in [4.69, 9.17) is 34.0 Å². The molecule has 1 amide bonds. The van der Waals surface area contributed by atoms with E-state index in [0.29, 0.717) is 11.5 Å². The Bertz CT molecular complexity index is 405. The Kier molecular flexibility index (Phi) is 4.32. The smallest absolute Gasteiger partial charge is 0.289 e. The number of halogens is 1. The lowest BCUT2D eigenvalue weighted by Crippen LogP contribution is -2.35. The van der Waals surface area contributed by atoms with E-state index < -0.39 is 0 Å². The minimum absolute atomic E-state index is 0.0330. The second kappa shape index (κ2) is 5.32. The topological polar surface area (TPSA) is 59.5 Å². The molecule has 6 heteroatoms. The standard InChI is InChI=1S/C10H13ClN2O2S/c1-6(9(12)16)5-13(2)10(14)7-3-4-8(11)15-7/h3-4,6H,5H2,1-2H3,(H2,12,16). The van der Waals surface area contributed by atoms with Crippen LogP contribution in [0.3, 0.4) is 0 Å². The zero-order valence-electron chi connectivity index (χ0n) is 9.07. The highest BCUT2D eigenvalue weighted by molar-refractivity contribution is 7.80. The third-order valence-electron chi connectivity index (χ3n) is 2.16. The van der Waals surface area contributed by atoms with Gasteiger partial charge in [0.15, 0.2) is 11.0 Å². The van der Waals surface area contributed by atoms with Crippen LogP contribution in [0.2, 0.25) is 5.22 Å². The van der Waals surface area contributed by atoms with Gasteiger partial charge in [0.25, 0.3) is 5.91 Å². The molecule has 88 valence electrons. The fraction of sp³-hybridized carbons (Fsp3) is 0.400. The third-order valence-corrected chi connectivity index (χ3v) is 2.77. The molecule has 16 heavy (non-hydrogen) atoms. The molecule has 4 nitrogen and oxygen atoms in total. The Labute approximate surface area is 104 Å². The Morgan fingerprint density at radius 2 is 2.31 bits per heavy atom. The molecule has 1 rings (SSSR count). The molecule has 1 aromatic rings. The first-order valence-corrected chi connectivity index (χ1v) is 5.50. The van der Waals surface area contributed by atoms with Crippen molar-refractivity contribution in [3.8, 4) is 0 Å². The maximum absolute atomic E-state index is 11.8. The predicted octanol–water partition coefficient (Wildman–Crippen LogP) is 1.93. The van der Waals surface area contributed by atoms with Gasteiger partial charge < -0.3 is 15.1 Å². The molecule has 2 N–H and O–H groups in total. The van der Waals surface area contributed by atoms with E-state index in [-0.39, 0.29) is 22.8 Å². The van der Waals surface area contributed by atoms with Crippen LogP contribution in [0, 0.1) is 5.92 Å². The molecule has 1 heterocycles. The Balaban J connectivity index is 2.64. The van der Waals surface area contributed by atoms with Gasteiger partial charge in [0, 0.05) is 19.5 Å². The van der Waals surface area contributed by atoms with E-state index >= 15 is 0 Å². The van der Waals surface area contributed by atoms with Crippen molar-refractivity contribution in [3.63, 3.8) is 0 Å². The van der Waals surface area contributed by atoms with Crippen LogP contribution in [0.15, 0.2) is 16.5 Å². The third kappa shape index (κ3) is 3.21. The molecule has 1 unspecified atom stereocenters. The Morgan fingerprint density at radius 1 is 1.69 bits per heavy atom. The van der Waals surface area contributed by atoms with Crippen LogP contribution in [-0.2, 0) is 0 Å². The second-order valence-corrected chi connectivity index (χ2v) is 4.44. The van der Waals surface area contributed by atoms with E-state index in [9.17, 15) is 4.79 Å². The highest BCUT2D eigenvalue weighted by Gasteiger charge is 2.18. The van der Waals surface area contributed by atoms with Crippen LogP contribution in [0.4, 0.5) is 0 Å². The van der Waals surface area contributed by atoms with E-state index in [2.05, 4.69) is 0 Å². The number of thiocarbonyl (C=S) groups is 1. The molecule has 0 bridgehead atoms. The Morgan fingerprint density at radius 3 is 2.75 bits per heavy atom. The van der Waals surface area contributed by atoms with E-state index in [1.807, 2.05) is 6.92 Å². The summed E-state index contributed by atoms with van der Waals surface area (Å²) in [4.78, 5) is 13.7. The van der Waals surface area contributed by atoms with Gasteiger partial charge in [0.1, 0.15) is 0 Å². The number of carbonyl (C=O) groups is 1. The molecule has 1 atom stereocenters. The zero-order chi connectivity index (χ0) is 12.3. The van der Waals surface area contributed by atoms with Gasteiger partial charge >= 0.3 is 0 Å². The van der Waals surface area contributed by atoms with Crippen LogP contribution in [0.25, 0.3) is 0 Å². The van der Waals surface area contributed by atoms with E-state index in [1.54, 1.807) is 7.05 Å². The lowest BCUT2D eigenvalue weighted by molar-refractivity contribution is 0.0755. The number of furan rings is 1. The maximum Gasteiger partial charge on any atom is 0.289 e. The van der Waals surface area contributed by atoms with Crippen molar-refractivity contribution in [2.45, 2.75) is 6.92 Å². The molecule has 0 aliphatic rings. The summed E-state index contributed by atoms with van der Waals surface area (Å²) < 4.78 is 5.02. The average Bonchev–Trinajstić information content (AvgIpc) is 2.63. The number of hydrogen-bond acceptors (Lipinski definition) is 3. The molecule has 0 aliphatic heterocycles. The van der Waals surface area contributed by atoms with Gasteiger partial charge in [-0.15, -0.1) is 0 Å². The molecule has 1 aromatic heterocycles. The fourth-order valence-corrected chi connectivity index (χ4v) is 1.42. The molecular formula is C10H13ClN2O2S. The molecule has 0 aromatic carbocycles. The van der Waals surface area contributed by atoms with Crippen molar-refractivity contribution < 1.29 is 9.21 Å². The number of rotatable bonds is 4. The average molecular weight is 261 g/mol. The first-order chi connectivity index (χ1) is 7.41. The molecule has 0 aliphatic carbocycles. The molecule has 0 saturated carbocycles. The first-order valence-electron chi connectivity index (χ1n) is 4.72. The van der Waals surface area contributed by atoms with Crippen LogP contribution in [0.5, 0.6) is 0 Å². The van der Waals surface area contributed by atoms with Crippen LogP contribution < -0.4 is 5.73 Å². The highest BCUT2D eigenvalue weighted by Crippen LogP contribution is 2.15. The van der Waals surface area contributed by atoms with Crippen LogP contribution in [0.1, 0.15) is 17.5 Å². The van der Waals surface area contributed by atoms with Crippen molar-refractivity contribution in [2.24, 2.45) is 11.7 Å². The van der Waals surface area contributed by atoms with Gasteiger partial charge in [-0.2, -0.15) is 0 Å². The summed E-state index contributed by atoms with van der Waals surface area (Å²) in [6.45, 7) is 2.31. The molecule has 0 saturated heterocycles. The number of hydrogen-bond donors (Lipinski definition) is 1. The summed E-state index contributed by atoms with van der Waals surface area (Å²) in [5.41, 5.74) is 5.48. The summed E-state index contributed by atoms with van der Waals surface area (Å²) in [7, 11) is 1.66. The summed E-state index contributed by atoms with van der Waals surface area (Å²) in [5, 5.41) is 0.194. The van der Waals surface area contributed by atoms with Crippen LogP contribution >= 0.6 is 23.8 Å². The molecular weight excluding hydrogens is 248 g/mol. The summed E-state index contributed by atoms with van der Waals surface area (Å²) >= 11 is 10.4. The number of nitrogens with two attached hydrogens (primary N) is 1. The van der Waals surface area contributed by atoms with Gasteiger partial charge in [-0.1, -0.05) is 19.1 Å². The largest absolute Gasteiger partial charge is 0.440 e. The van der Waals surface area contributed by atoms with Crippen molar-refractivity contribution >= 4 is 34.7 Å². The second-order valence-electron chi connectivity index (χ2n) is 3.59. The summed E-state index contributed by atoms with van der Waals surface area (Å²) in [5.74, 6) is -0.0629. The normalized spacial score (nSPS) is 12.2. The summed E-state index contributed by atoms with van der Waals surface area (Å²) in [6.07, 6.45) is 0. The SMILES string of the molecule is CC(CN(C)C(=O)c1ccc(Cl)o1)C(N)=S. The molecule has 0 fully saturated rings. The lowest BCUT2D eigenvalue weighted by Gasteiger charge is -2.19. The number of amides is 1.